The molecular formula is C12H22N2O. The van der Waals surface area contributed by atoms with E-state index in [9.17, 15) is 4.79 Å². The Morgan fingerprint density at radius 1 is 1.20 bits per heavy atom. The Morgan fingerprint density at radius 3 is 2.13 bits per heavy atom. The number of carbonyl (C=O) groups excluding carboxylic acids is 1. The van der Waals surface area contributed by atoms with Crippen molar-refractivity contribution in [1.29, 1.82) is 0 Å². The fraction of sp³-hybridized carbons (Fsp3) is 0.917. The van der Waals surface area contributed by atoms with Gasteiger partial charge in [-0.15, -0.1) is 0 Å². The highest BCUT2D eigenvalue weighted by molar-refractivity contribution is 5.87. The van der Waals surface area contributed by atoms with E-state index in [-0.39, 0.29) is 5.91 Å². The smallest absolute Gasteiger partial charge is 0.243 e. The molecule has 0 spiro atoms. The van der Waals surface area contributed by atoms with E-state index in [2.05, 4.69) is 13.8 Å². The molecule has 0 unspecified atom stereocenters. The van der Waals surface area contributed by atoms with Crippen LogP contribution in [0.5, 0.6) is 0 Å². The van der Waals surface area contributed by atoms with Gasteiger partial charge in [0.05, 0.1) is 5.54 Å². The van der Waals surface area contributed by atoms with E-state index in [4.69, 9.17) is 5.73 Å². The van der Waals surface area contributed by atoms with E-state index in [1.807, 2.05) is 4.90 Å². The van der Waals surface area contributed by atoms with E-state index in [0.29, 0.717) is 12.1 Å². The van der Waals surface area contributed by atoms with Crippen LogP contribution in [-0.2, 0) is 4.79 Å². The largest absolute Gasteiger partial charge is 0.336 e. The zero-order valence-corrected chi connectivity index (χ0v) is 9.83. The third-order valence-electron chi connectivity index (χ3n) is 4.11. The Kier molecular flexibility index (Phi) is 2.75. The van der Waals surface area contributed by atoms with E-state index in [1.165, 1.54) is 0 Å². The van der Waals surface area contributed by atoms with Crippen LogP contribution in [0.1, 0.15) is 52.4 Å². The van der Waals surface area contributed by atoms with Crippen LogP contribution >= 0.6 is 0 Å². The van der Waals surface area contributed by atoms with Gasteiger partial charge >= 0.3 is 0 Å². The van der Waals surface area contributed by atoms with Crippen LogP contribution in [0.2, 0.25) is 0 Å². The monoisotopic (exact) mass is 210 g/mol. The van der Waals surface area contributed by atoms with Crippen molar-refractivity contribution in [3.63, 3.8) is 0 Å². The Morgan fingerprint density at radius 2 is 1.67 bits per heavy atom. The molecule has 3 heteroatoms. The predicted octanol–water partition coefficient (Wildman–Crippen LogP) is 1.66. The standard InChI is InChI=1S/C12H22N2O/c1-9-5-6-10(2)14(9)11(15)12(13)7-3-4-8-12/h9-10H,3-8,13H2,1-2H3/t9-,10+. The molecule has 0 aromatic rings. The zero-order chi connectivity index (χ0) is 11.1. The summed E-state index contributed by atoms with van der Waals surface area (Å²) in [6, 6.07) is 0.766. The first-order valence-corrected chi connectivity index (χ1v) is 6.16. The Labute approximate surface area is 92.0 Å². The quantitative estimate of drug-likeness (QED) is 0.715. The van der Waals surface area contributed by atoms with E-state index in [1.54, 1.807) is 0 Å². The van der Waals surface area contributed by atoms with Gasteiger partial charge in [-0.3, -0.25) is 4.79 Å². The Hall–Kier alpha value is -0.570. The maximum absolute atomic E-state index is 12.4. The van der Waals surface area contributed by atoms with Crippen LogP contribution in [0.3, 0.4) is 0 Å². The van der Waals surface area contributed by atoms with Crippen molar-refractivity contribution in [1.82, 2.24) is 4.90 Å². The third-order valence-corrected chi connectivity index (χ3v) is 4.11. The maximum atomic E-state index is 12.4. The minimum absolute atomic E-state index is 0.206. The lowest BCUT2D eigenvalue weighted by Gasteiger charge is -2.34. The number of hydrogen-bond donors (Lipinski definition) is 1. The molecule has 1 heterocycles. The second kappa shape index (κ2) is 3.78. The van der Waals surface area contributed by atoms with Gasteiger partial charge in [0.2, 0.25) is 5.91 Å². The molecule has 15 heavy (non-hydrogen) atoms. The molecule has 2 rings (SSSR count). The molecule has 2 N–H and O–H groups in total. The van der Waals surface area contributed by atoms with Crippen LogP contribution in [0.25, 0.3) is 0 Å². The lowest BCUT2D eigenvalue weighted by atomic mass is 9.96. The molecule has 0 aromatic carbocycles. The average molecular weight is 210 g/mol. The van der Waals surface area contributed by atoms with Crippen LogP contribution < -0.4 is 5.73 Å². The topological polar surface area (TPSA) is 46.3 Å². The number of hydrogen-bond acceptors (Lipinski definition) is 2. The van der Waals surface area contributed by atoms with E-state index < -0.39 is 5.54 Å². The van der Waals surface area contributed by atoms with Crippen LogP contribution in [-0.4, -0.2) is 28.4 Å². The summed E-state index contributed by atoms with van der Waals surface area (Å²) in [4.78, 5) is 14.4. The summed E-state index contributed by atoms with van der Waals surface area (Å²) < 4.78 is 0. The van der Waals surface area contributed by atoms with E-state index in [0.717, 1.165) is 38.5 Å². The minimum atomic E-state index is -0.535. The zero-order valence-electron chi connectivity index (χ0n) is 9.83. The number of nitrogens with two attached hydrogens (primary N) is 1. The van der Waals surface area contributed by atoms with Crippen molar-refractivity contribution in [2.24, 2.45) is 5.73 Å². The first kappa shape index (κ1) is 10.9. The van der Waals surface area contributed by atoms with Crippen molar-refractivity contribution in [2.45, 2.75) is 70.0 Å². The number of amides is 1. The molecular weight excluding hydrogens is 188 g/mol. The maximum Gasteiger partial charge on any atom is 0.243 e. The van der Waals surface area contributed by atoms with Gasteiger partial charge in [-0.1, -0.05) is 12.8 Å². The normalized spacial score (nSPS) is 34.7. The average Bonchev–Trinajstić information content (AvgIpc) is 2.75. The molecule has 2 atom stereocenters. The lowest BCUT2D eigenvalue weighted by molar-refractivity contribution is -0.139. The molecule has 1 saturated carbocycles. The first-order chi connectivity index (χ1) is 7.04. The summed E-state index contributed by atoms with van der Waals surface area (Å²) in [5, 5.41) is 0. The van der Waals surface area contributed by atoms with Gasteiger partial charge < -0.3 is 10.6 Å². The van der Waals surface area contributed by atoms with Crippen molar-refractivity contribution >= 4 is 5.91 Å². The van der Waals surface area contributed by atoms with Gasteiger partial charge in [0.1, 0.15) is 0 Å². The summed E-state index contributed by atoms with van der Waals surface area (Å²) in [6.07, 6.45) is 6.23. The predicted molar refractivity (Wildman–Crippen MR) is 60.4 cm³/mol. The number of rotatable bonds is 1. The minimum Gasteiger partial charge on any atom is -0.336 e. The fourth-order valence-corrected chi connectivity index (χ4v) is 3.07. The van der Waals surface area contributed by atoms with Crippen molar-refractivity contribution < 1.29 is 4.79 Å². The lowest BCUT2D eigenvalue weighted by Crippen LogP contribution is -2.56. The molecule has 86 valence electrons. The van der Waals surface area contributed by atoms with Crippen molar-refractivity contribution in [3.8, 4) is 0 Å². The fourth-order valence-electron chi connectivity index (χ4n) is 3.07. The van der Waals surface area contributed by atoms with Crippen LogP contribution in [0, 0.1) is 0 Å². The summed E-state index contributed by atoms with van der Waals surface area (Å²) in [5.74, 6) is 0.206. The molecule has 3 nitrogen and oxygen atoms in total. The molecule has 1 saturated heterocycles. The van der Waals surface area contributed by atoms with Crippen LogP contribution in [0.15, 0.2) is 0 Å². The summed E-state index contributed by atoms with van der Waals surface area (Å²) in [6.45, 7) is 4.28. The second-order valence-electron chi connectivity index (χ2n) is 5.35. The Bertz CT molecular complexity index is 248. The Balaban J connectivity index is 2.12. The highest BCUT2D eigenvalue weighted by atomic mass is 16.2. The van der Waals surface area contributed by atoms with Gasteiger partial charge in [-0.25, -0.2) is 0 Å². The number of likely N-dealkylation sites (tertiary alicyclic amines) is 1. The number of carbonyl (C=O) groups is 1. The molecule has 1 amide bonds. The van der Waals surface area contributed by atoms with Gasteiger partial charge in [0.25, 0.3) is 0 Å². The van der Waals surface area contributed by atoms with Gasteiger partial charge in [-0.2, -0.15) is 0 Å². The molecule has 2 aliphatic rings. The summed E-state index contributed by atoms with van der Waals surface area (Å²) in [5.41, 5.74) is 5.68. The van der Waals surface area contributed by atoms with Crippen molar-refractivity contribution in [2.75, 3.05) is 0 Å². The molecule has 1 aliphatic heterocycles. The van der Waals surface area contributed by atoms with Gasteiger partial charge in [0.15, 0.2) is 0 Å². The van der Waals surface area contributed by atoms with Crippen LogP contribution in [0.4, 0.5) is 0 Å². The summed E-state index contributed by atoms with van der Waals surface area (Å²) >= 11 is 0. The van der Waals surface area contributed by atoms with E-state index >= 15 is 0 Å². The first-order valence-electron chi connectivity index (χ1n) is 6.16. The number of nitrogens with zero attached hydrogens (tertiary/aromatic N) is 1. The molecule has 0 bridgehead atoms. The SMILES string of the molecule is C[C@@H]1CC[C@H](C)N1C(=O)C1(N)CCCC1. The van der Waals surface area contributed by atoms with Crippen molar-refractivity contribution in [3.05, 3.63) is 0 Å². The highest BCUT2D eigenvalue weighted by Crippen LogP contribution is 2.33. The second-order valence-corrected chi connectivity index (χ2v) is 5.35. The molecule has 0 radical (unpaired) electrons. The summed E-state index contributed by atoms with van der Waals surface area (Å²) in [7, 11) is 0. The molecule has 2 fully saturated rings. The molecule has 1 aliphatic carbocycles. The highest BCUT2D eigenvalue weighted by Gasteiger charge is 2.44. The van der Waals surface area contributed by atoms with Gasteiger partial charge in [-0.05, 0) is 39.5 Å². The molecule has 0 aromatic heterocycles. The van der Waals surface area contributed by atoms with Gasteiger partial charge in [0, 0.05) is 12.1 Å². The third kappa shape index (κ3) is 1.78.